The van der Waals surface area contributed by atoms with E-state index >= 15 is 0 Å². The van der Waals surface area contributed by atoms with Crippen molar-refractivity contribution in [2.45, 2.75) is 19.5 Å². The standard InChI is InChI=1S/C18H21ClN2O2/c1-23-17-9-5-3-7-15(17)13-21-18(22)10-11-20-12-14-6-2-4-8-16(14)19/h2-9,20H,10-13H2,1H3,(H,21,22). The zero-order valence-corrected chi connectivity index (χ0v) is 13.9. The van der Waals surface area contributed by atoms with Crippen LogP contribution in [-0.4, -0.2) is 19.6 Å². The molecule has 0 heterocycles. The Hall–Kier alpha value is -2.04. The highest BCUT2D eigenvalue weighted by Gasteiger charge is 2.05. The van der Waals surface area contributed by atoms with Gasteiger partial charge < -0.3 is 15.4 Å². The Kier molecular flexibility index (Phi) is 6.91. The van der Waals surface area contributed by atoms with Crippen molar-refractivity contribution in [2.75, 3.05) is 13.7 Å². The van der Waals surface area contributed by atoms with Gasteiger partial charge in [0.25, 0.3) is 0 Å². The average molecular weight is 333 g/mol. The molecule has 2 N–H and O–H groups in total. The molecule has 0 aliphatic heterocycles. The molecule has 0 unspecified atom stereocenters. The van der Waals surface area contributed by atoms with E-state index in [2.05, 4.69) is 10.6 Å². The third-order valence-electron chi connectivity index (χ3n) is 3.47. The van der Waals surface area contributed by atoms with Crippen molar-refractivity contribution in [1.29, 1.82) is 0 Å². The van der Waals surface area contributed by atoms with Crippen LogP contribution in [-0.2, 0) is 17.9 Å². The van der Waals surface area contributed by atoms with Gasteiger partial charge in [-0.05, 0) is 17.7 Å². The highest BCUT2D eigenvalue weighted by atomic mass is 35.5. The van der Waals surface area contributed by atoms with E-state index in [4.69, 9.17) is 16.3 Å². The first-order valence-electron chi connectivity index (χ1n) is 7.53. The van der Waals surface area contributed by atoms with Crippen LogP contribution in [0.3, 0.4) is 0 Å². The van der Waals surface area contributed by atoms with E-state index in [1.54, 1.807) is 7.11 Å². The fourth-order valence-electron chi connectivity index (χ4n) is 2.20. The van der Waals surface area contributed by atoms with Crippen LogP contribution in [0.1, 0.15) is 17.5 Å². The second kappa shape index (κ2) is 9.18. The van der Waals surface area contributed by atoms with Gasteiger partial charge in [-0.15, -0.1) is 0 Å². The molecular weight excluding hydrogens is 312 g/mol. The summed E-state index contributed by atoms with van der Waals surface area (Å²) in [4.78, 5) is 11.9. The summed E-state index contributed by atoms with van der Waals surface area (Å²) in [5.41, 5.74) is 2.00. The van der Waals surface area contributed by atoms with Gasteiger partial charge in [0.2, 0.25) is 5.91 Å². The molecule has 23 heavy (non-hydrogen) atoms. The molecule has 0 aromatic heterocycles. The zero-order valence-electron chi connectivity index (χ0n) is 13.1. The molecule has 2 aromatic rings. The van der Waals surface area contributed by atoms with Crippen molar-refractivity contribution >= 4 is 17.5 Å². The van der Waals surface area contributed by atoms with E-state index in [0.717, 1.165) is 21.9 Å². The molecule has 0 atom stereocenters. The first kappa shape index (κ1) is 17.3. The summed E-state index contributed by atoms with van der Waals surface area (Å²) in [6.07, 6.45) is 0.416. The first-order chi connectivity index (χ1) is 11.2. The summed E-state index contributed by atoms with van der Waals surface area (Å²) in [5, 5.41) is 6.86. The lowest BCUT2D eigenvalue weighted by molar-refractivity contribution is -0.121. The van der Waals surface area contributed by atoms with Gasteiger partial charge in [-0.25, -0.2) is 0 Å². The Balaban J connectivity index is 1.68. The topological polar surface area (TPSA) is 50.4 Å². The van der Waals surface area contributed by atoms with Crippen molar-refractivity contribution in [1.82, 2.24) is 10.6 Å². The Morgan fingerprint density at radius 1 is 1.04 bits per heavy atom. The zero-order chi connectivity index (χ0) is 16.5. The third-order valence-corrected chi connectivity index (χ3v) is 3.84. The van der Waals surface area contributed by atoms with E-state index in [1.165, 1.54) is 0 Å². The van der Waals surface area contributed by atoms with Crippen LogP contribution in [0.25, 0.3) is 0 Å². The van der Waals surface area contributed by atoms with Gasteiger partial charge in [0.1, 0.15) is 5.75 Å². The molecule has 0 radical (unpaired) electrons. The maximum atomic E-state index is 11.9. The number of carbonyl (C=O) groups is 1. The molecule has 4 nitrogen and oxygen atoms in total. The molecule has 0 spiro atoms. The van der Waals surface area contributed by atoms with Gasteiger partial charge in [0.05, 0.1) is 7.11 Å². The predicted molar refractivity (Wildman–Crippen MR) is 92.6 cm³/mol. The Bertz CT molecular complexity index is 646. The minimum Gasteiger partial charge on any atom is -0.496 e. The van der Waals surface area contributed by atoms with Gasteiger partial charge in [0, 0.05) is 36.6 Å². The molecule has 0 saturated heterocycles. The first-order valence-corrected chi connectivity index (χ1v) is 7.91. The number of hydrogen-bond acceptors (Lipinski definition) is 3. The number of carbonyl (C=O) groups excluding carboxylic acids is 1. The fourth-order valence-corrected chi connectivity index (χ4v) is 2.40. The van der Waals surface area contributed by atoms with Crippen LogP contribution in [0.4, 0.5) is 0 Å². The van der Waals surface area contributed by atoms with Crippen molar-refractivity contribution in [3.8, 4) is 5.75 Å². The summed E-state index contributed by atoms with van der Waals surface area (Å²) in [6.45, 7) is 1.72. The summed E-state index contributed by atoms with van der Waals surface area (Å²) in [7, 11) is 1.62. The van der Waals surface area contributed by atoms with Crippen molar-refractivity contribution in [3.05, 3.63) is 64.7 Å². The van der Waals surface area contributed by atoms with Gasteiger partial charge in [0.15, 0.2) is 0 Å². The average Bonchev–Trinajstić information content (AvgIpc) is 2.58. The second-order valence-corrected chi connectivity index (χ2v) is 5.51. The SMILES string of the molecule is COc1ccccc1CNC(=O)CCNCc1ccccc1Cl. The molecule has 2 aromatic carbocycles. The number of halogens is 1. The highest BCUT2D eigenvalue weighted by Crippen LogP contribution is 2.16. The molecule has 1 amide bonds. The Morgan fingerprint density at radius 2 is 1.74 bits per heavy atom. The minimum absolute atomic E-state index is 0.00237. The summed E-state index contributed by atoms with van der Waals surface area (Å²) in [6, 6.07) is 15.3. The number of ether oxygens (including phenoxy) is 1. The van der Waals surface area contributed by atoms with Crippen LogP contribution in [0, 0.1) is 0 Å². The third kappa shape index (κ3) is 5.58. The van der Waals surface area contributed by atoms with Crippen LogP contribution in [0.15, 0.2) is 48.5 Å². The predicted octanol–water partition coefficient (Wildman–Crippen LogP) is 3.14. The number of amides is 1. The van der Waals surface area contributed by atoms with E-state index in [9.17, 15) is 4.79 Å². The number of rotatable bonds is 8. The molecule has 2 rings (SSSR count). The smallest absolute Gasteiger partial charge is 0.221 e. The lowest BCUT2D eigenvalue weighted by Gasteiger charge is -2.10. The number of methoxy groups -OCH3 is 1. The van der Waals surface area contributed by atoms with Crippen molar-refractivity contribution < 1.29 is 9.53 Å². The van der Waals surface area contributed by atoms with Crippen LogP contribution in [0.5, 0.6) is 5.75 Å². The van der Waals surface area contributed by atoms with Gasteiger partial charge >= 0.3 is 0 Å². The van der Waals surface area contributed by atoms with Crippen LogP contribution >= 0.6 is 11.6 Å². The van der Waals surface area contributed by atoms with Crippen molar-refractivity contribution in [2.24, 2.45) is 0 Å². The van der Waals surface area contributed by atoms with Crippen LogP contribution in [0.2, 0.25) is 5.02 Å². The molecule has 5 heteroatoms. The normalized spacial score (nSPS) is 10.3. The largest absolute Gasteiger partial charge is 0.496 e. The Labute approximate surface area is 141 Å². The van der Waals surface area contributed by atoms with E-state index in [0.29, 0.717) is 26.1 Å². The number of hydrogen-bond donors (Lipinski definition) is 2. The lowest BCUT2D eigenvalue weighted by atomic mass is 10.2. The molecule has 0 bridgehead atoms. The van der Waals surface area contributed by atoms with Crippen molar-refractivity contribution in [3.63, 3.8) is 0 Å². The molecular formula is C18H21ClN2O2. The summed E-state index contributed by atoms with van der Waals surface area (Å²) in [5.74, 6) is 0.784. The highest BCUT2D eigenvalue weighted by molar-refractivity contribution is 6.31. The molecule has 122 valence electrons. The quantitative estimate of drug-likeness (QED) is 0.730. The van der Waals surface area contributed by atoms with Crippen LogP contribution < -0.4 is 15.4 Å². The maximum Gasteiger partial charge on any atom is 0.221 e. The number of benzene rings is 2. The van der Waals surface area contributed by atoms with E-state index in [-0.39, 0.29) is 5.91 Å². The maximum absolute atomic E-state index is 11.9. The number of nitrogens with one attached hydrogen (secondary N) is 2. The summed E-state index contributed by atoms with van der Waals surface area (Å²) < 4.78 is 5.26. The monoisotopic (exact) mass is 332 g/mol. The number of para-hydroxylation sites is 1. The second-order valence-electron chi connectivity index (χ2n) is 5.11. The molecule has 0 aliphatic carbocycles. The van der Waals surface area contributed by atoms with Gasteiger partial charge in [-0.1, -0.05) is 48.0 Å². The fraction of sp³-hybridized carbons (Fsp3) is 0.278. The minimum atomic E-state index is 0.00237. The lowest BCUT2D eigenvalue weighted by Crippen LogP contribution is -2.27. The van der Waals surface area contributed by atoms with E-state index < -0.39 is 0 Å². The Morgan fingerprint density at radius 3 is 2.48 bits per heavy atom. The summed E-state index contributed by atoms with van der Waals surface area (Å²) >= 11 is 6.08. The van der Waals surface area contributed by atoms with Gasteiger partial charge in [-0.2, -0.15) is 0 Å². The van der Waals surface area contributed by atoms with Gasteiger partial charge in [-0.3, -0.25) is 4.79 Å². The molecule has 0 fully saturated rings. The molecule has 0 saturated carbocycles. The van der Waals surface area contributed by atoms with E-state index in [1.807, 2.05) is 48.5 Å². The molecule has 0 aliphatic rings.